The van der Waals surface area contributed by atoms with Gasteiger partial charge in [-0.05, 0) is 62.3 Å². The first-order valence-electron chi connectivity index (χ1n) is 14.5. The predicted molar refractivity (Wildman–Crippen MR) is 145 cm³/mol. The van der Waals surface area contributed by atoms with E-state index in [1.165, 1.54) is 7.11 Å². The fraction of sp³-hybridized carbons (Fsp3) is 0.677. The number of nitrogens with zero attached hydrogens (tertiary/aromatic N) is 2. The molecule has 7 heteroatoms. The van der Waals surface area contributed by atoms with Gasteiger partial charge in [-0.15, -0.1) is 0 Å². The first kappa shape index (κ1) is 27.2. The van der Waals surface area contributed by atoms with E-state index in [2.05, 4.69) is 29.2 Å². The van der Waals surface area contributed by atoms with E-state index in [-0.39, 0.29) is 29.4 Å². The molecule has 2 amide bonds. The number of carbonyl (C=O) groups is 2. The average molecular weight is 525 g/mol. The molecule has 5 atom stereocenters. The normalized spacial score (nSPS) is 34.2. The summed E-state index contributed by atoms with van der Waals surface area (Å²) in [6.45, 7) is 2.90. The number of hydrogen-bond donors (Lipinski definition) is 0. The lowest BCUT2D eigenvalue weighted by Crippen LogP contribution is -2.76. The Labute approximate surface area is 227 Å². The number of carbonyl (C=O) groups excluding carboxylic acids is 2. The van der Waals surface area contributed by atoms with Crippen LogP contribution < -0.4 is 0 Å². The van der Waals surface area contributed by atoms with Crippen LogP contribution >= 0.6 is 0 Å². The second-order valence-corrected chi connectivity index (χ2v) is 11.8. The van der Waals surface area contributed by atoms with E-state index < -0.39 is 5.54 Å². The Bertz CT molecular complexity index is 999. The van der Waals surface area contributed by atoms with Crippen molar-refractivity contribution in [2.75, 3.05) is 40.5 Å². The molecule has 3 heterocycles. The van der Waals surface area contributed by atoms with Gasteiger partial charge in [0, 0.05) is 32.0 Å². The van der Waals surface area contributed by atoms with Crippen LogP contribution in [-0.2, 0) is 25.6 Å². The minimum Gasteiger partial charge on any atom is -0.453 e. The standard InChI is InChI=1S/C31H44N2O5/c1-36-23-31-26-16-18-32-27(34)15-11-6-4-3-5-7-12-17-30(28(31)32,19-25(26)20-33(31)29(35)37-2)22-38-21-24-13-9-8-10-14-24/h3-4,8-10,13-14,25-26,28H,5-7,11-12,15-23H2,1-2H3/b4-3+/t25-,26+,28-,30-,31-/m0/s1. The first-order valence-corrected chi connectivity index (χ1v) is 14.5. The van der Waals surface area contributed by atoms with E-state index in [9.17, 15) is 9.59 Å². The summed E-state index contributed by atoms with van der Waals surface area (Å²) in [6, 6.07) is 10.1. The van der Waals surface area contributed by atoms with Crippen molar-refractivity contribution in [1.29, 1.82) is 0 Å². The summed E-state index contributed by atoms with van der Waals surface area (Å²) in [5.74, 6) is 0.822. The third kappa shape index (κ3) is 4.88. The highest BCUT2D eigenvalue weighted by Crippen LogP contribution is 2.62. The van der Waals surface area contributed by atoms with E-state index in [0.717, 1.165) is 63.5 Å². The summed E-state index contributed by atoms with van der Waals surface area (Å²) < 4.78 is 17.8. The monoisotopic (exact) mass is 524 g/mol. The summed E-state index contributed by atoms with van der Waals surface area (Å²) in [6.07, 6.45) is 12.6. The molecule has 5 rings (SSSR count). The zero-order valence-electron chi connectivity index (χ0n) is 23.1. The maximum absolute atomic E-state index is 13.9. The van der Waals surface area contributed by atoms with Crippen LogP contribution in [0, 0.1) is 17.3 Å². The molecule has 1 aromatic carbocycles. The van der Waals surface area contributed by atoms with Crippen LogP contribution in [0.25, 0.3) is 0 Å². The molecule has 3 fully saturated rings. The molecule has 2 saturated heterocycles. The third-order valence-electron chi connectivity index (χ3n) is 9.66. The lowest BCUT2D eigenvalue weighted by atomic mass is 9.52. The molecule has 3 aliphatic heterocycles. The lowest BCUT2D eigenvalue weighted by Gasteiger charge is -2.63. The van der Waals surface area contributed by atoms with Gasteiger partial charge in [0.1, 0.15) is 0 Å². The van der Waals surface area contributed by atoms with Crippen molar-refractivity contribution < 1.29 is 23.8 Å². The van der Waals surface area contributed by atoms with Crippen molar-refractivity contribution in [3.63, 3.8) is 0 Å². The Morgan fingerprint density at radius 1 is 1.05 bits per heavy atom. The zero-order valence-corrected chi connectivity index (χ0v) is 23.1. The van der Waals surface area contributed by atoms with Crippen molar-refractivity contribution >= 4 is 12.0 Å². The minimum atomic E-state index is -0.604. The summed E-state index contributed by atoms with van der Waals surface area (Å²) in [4.78, 5) is 31.3. The van der Waals surface area contributed by atoms with Gasteiger partial charge in [-0.1, -0.05) is 48.9 Å². The molecule has 38 heavy (non-hydrogen) atoms. The molecule has 0 aromatic heterocycles. The second kappa shape index (κ2) is 11.8. The van der Waals surface area contributed by atoms with E-state index >= 15 is 0 Å². The quantitative estimate of drug-likeness (QED) is 0.479. The molecular weight excluding hydrogens is 480 g/mol. The number of benzene rings is 1. The van der Waals surface area contributed by atoms with Gasteiger partial charge in [0.25, 0.3) is 0 Å². The van der Waals surface area contributed by atoms with E-state index in [1.807, 2.05) is 23.1 Å². The second-order valence-electron chi connectivity index (χ2n) is 11.8. The number of amides is 2. The molecule has 0 radical (unpaired) electrons. The number of likely N-dealkylation sites (tertiary alicyclic amines) is 1. The highest BCUT2D eigenvalue weighted by atomic mass is 16.5. The van der Waals surface area contributed by atoms with Gasteiger partial charge in [0.05, 0.1) is 38.5 Å². The number of rotatable bonds is 6. The van der Waals surface area contributed by atoms with Gasteiger partial charge >= 0.3 is 6.09 Å². The summed E-state index contributed by atoms with van der Waals surface area (Å²) in [7, 11) is 3.18. The Balaban J connectivity index is 1.57. The maximum atomic E-state index is 13.9. The SMILES string of the molecule is COC[C@@]12[C@@H]3CCN4C(=O)CCC/C=C/CCCC[C@@](COCc5ccccc5)(C[C@H]3CN1C(=O)OC)[C@H]42. The Morgan fingerprint density at radius 2 is 1.84 bits per heavy atom. The summed E-state index contributed by atoms with van der Waals surface area (Å²) >= 11 is 0. The fourth-order valence-corrected chi connectivity index (χ4v) is 8.36. The van der Waals surface area contributed by atoms with Gasteiger partial charge in [-0.2, -0.15) is 0 Å². The highest BCUT2D eigenvalue weighted by molar-refractivity contribution is 5.78. The molecule has 0 N–H and O–H groups in total. The summed E-state index contributed by atoms with van der Waals surface area (Å²) in [5.41, 5.74) is 0.285. The van der Waals surface area contributed by atoms with Crippen LogP contribution in [0.3, 0.4) is 0 Å². The summed E-state index contributed by atoms with van der Waals surface area (Å²) in [5, 5.41) is 0. The van der Waals surface area contributed by atoms with Gasteiger partial charge in [-0.25, -0.2) is 4.79 Å². The van der Waals surface area contributed by atoms with E-state index in [4.69, 9.17) is 14.2 Å². The Morgan fingerprint density at radius 3 is 2.61 bits per heavy atom. The molecule has 4 bridgehead atoms. The fourth-order valence-electron chi connectivity index (χ4n) is 8.36. The topological polar surface area (TPSA) is 68.3 Å². The van der Waals surface area contributed by atoms with E-state index in [0.29, 0.717) is 38.7 Å². The number of hydrogen-bond acceptors (Lipinski definition) is 5. The van der Waals surface area contributed by atoms with Crippen molar-refractivity contribution in [2.24, 2.45) is 17.3 Å². The molecule has 1 aliphatic carbocycles. The largest absolute Gasteiger partial charge is 0.453 e. The minimum absolute atomic E-state index is 0.163. The molecule has 1 saturated carbocycles. The molecule has 0 unspecified atom stereocenters. The molecular formula is C31H44N2O5. The molecule has 0 spiro atoms. The Kier molecular flexibility index (Phi) is 8.44. The van der Waals surface area contributed by atoms with Crippen LogP contribution in [0.4, 0.5) is 4.79 Å². The average Bonchev–Trinajstić information content (AvgIpc) is 3.17. The Hall–Kier alpha value is -2.38. The highest BCUT2D eigenvalue weighted by Gasteiger charge is 2.72. The van der Waals surface area contributed by atoms with Crippen molar-refractivity contribution in [1.82, 2.24) is 9.80 Å². The van der Waals surface area contributed by atoms with Crippen molar-refractivity contribution in [3.05, 3.63) is 48.0 Å². The van der Waals surface area contributed by atoms with Gasteiger partial charge in [-0.3, -0.25) is 9.69 Å². The molecule has 208 valence electrons. The number of methoxy groups -OCH3 is 2. The van der Waals surface area contributed by atoms with Gasteiger partial charge < -0.3 is 19.1 Å². The molecule has 1 aromatic rings. The zero-order chi connectivity index (χ0) is 26.6. The first-order chi connectivity index (χ1) is 18.6. The number of piperidine rings is 1. The lowest BCUT2D eigenvalue weighted by molar-refractivity contribution is -0.181. The van der Waals surface area contributed by atoms with Crippen LogP contribution in [-0.4, -0.2) is 73.9 Å². The van der Waals surface area contributed by atoms with Crippen LogP contribution in [0.15, 0.2) is 42.5 Å². The van der Waals surface area contributed by atoms with Crippen LogP contribution in [0.1, 0.15) is 63.4 Å². The number of ether oxygens (including phenoxy) is 3. The molecule has 7 nitrogen and oxygen atoms in total. The smallest absolute Gasteiger partial charge is 0.410 e. The number of allylic oxidation sites excluding steroid dienone is 2. The predicted octanol–water partition coefficient (Wildman–Crippen LogP) is 5.19. The van der Waals surface area contributed by atoms with Gasteiger partial charge in [0.15, 0.2) is 0 Å². The third-order valence-corrected chi connectivity index (χ3v) is 9.66. The van der Waals surface area contributed by atoms with Crippen LogP contribution in [0.2, 0.25) is 0 Å². The van der Waals surface area contributed by atoms with Crippen LogP contribution in [0.5, 0.6) is 0 Å². The van der Waals surface area contributed by atoms with Crippen molar-refractivity contribution in [3.8, 4) is 0 Å². The molecule has 4 aliphatic rings. The van der Waals surface area contributed by atoms with Gasteiger partial charge in [0.2, 0.25) is 5.91 Å². The maximum Gasteiger partial charge on any atom is 0.410 e. The van der Waals surface area contributed by atoms with E-state index in [1.54, 1.807) is 7.11 Å². The van der Waals surface area contributed by atoms with Crippen molar-refractivity contribution in [2.45, 2.75) is 76.0 Å².